The number of likely N-dealkylation sites (tertiary alicyclic amines) is 1. The number of fused-ring (bicyclic) bond motifs is 6. The summed E-state index contributed by atoms with van der Waals surface area (Å²) < 4.78 is 32.1. The summed E-state index contributed by atoms with van der Waals surface area (Å²) in [6.45, 7) is 3.24. The molecule has 0 spiro atoms. The number of carbonyl (C=O) groups excluding carboxylic acids is 1. The SMILES string of the molecule is Cc1cn(C2=CC=C(N)Cc3[nH]c(C4=NC5CN5c5c(Cc6cn(C7=CC=CCc8[nH]c(-c9n[nH]c%10ccc(-c%11cncc(CN%12CCC(F)(F)C%12)c%11)cc9%10)nc87)cn6)cc(-c6cncc(NC(=O)C7CCCCC7)c6)cc54)nc32)cn1. The van der Waals surface area contributed by atoms with Crippen LogP contribution < -0.4 is 16.0 Å². The van der Waals surface area contributed by atoms with E-state index in [9.17, 15) is 13.6 Å². The number of aromatic nitrogens is 12. The molecule has 1 amide bonds. The summed E-state index contributed by atoms with van der Waals surface area (Å²) in [5, 5.41) is 12.0. The summed E-state index contributed by atoms with van der Waals surface area (Å²) in [4.78, 5) is 59.6. The van der Waals surface area contributed by atoms with Crippen LogP contribution in [0.15, 0.2) is 133 Å². The van der Waals surface area contributed by atoms with E-state index in [4.69, 9.17) is 30.8 Å². The van der Waals surface area contributed by atoms with Crippen LogP contribution in [0.5, 0.6) is 0 Å². The van der Waals surface area contributed by atoms with Gasteiger partial charge in [0.15, 0.2) is 11.6 Å². The molecule has 15 rings (SSSR count). The largest absolute Gasteiger partial charge is 0.402 e. The van der Waals surface area contributed by atoms with Crippen molar-refractivity contribution in [3.8, 4) is 33.8 Å². The van der Waals surface area contributed by atoms with Crippen LogP contribution in [-0.2, 0) is 30.6 Å². The molecule has 410 valence electrons. The Labute approximate surface area is 469 Å². The van der Waals surface area contributed by atoms with Crippen molar-refractivity contribution < 1.29 is 13.6 Å². The minimum atomic E-state index is -2.66. The highest BCUT2D eigenvalue weighted by atomic mass is 19.3. The summed E-state index contributed by atoms with van der Waals surface area (Å²) in [6.07, 6.45) is 31.5. The average molecular weight is 1090 g/mol. The minimum absolute atomic E-state index is 0.00409. The van der Waals surface area contributed by atoms with Crippen LogP contribution in [-0.4, -0.2) is 107 Å². The zero-order valence-electron chi connectivity index (χ0n) is 45.0. The number of rotatable bonds is 12. The third-order valence-electron chi connectivity index (χ3n) is 16.6. The number of aromatic amines is 3. The van der Waals surface area contributed by atoms with Crippen molar-refractivity contribution in [1.82, 2.24) is 64.1 Å². The van der Waals surface area contributed by atoms with Crippen LogP contribution in [0.4, 0.5) is 20.2 Å². The molecule has 7 aromatic heterocycles. The van der Waals surface area contributed by atoms with Gasteiger partial charge >= 0.3 is 0 Å². The normalized spacial score (nSPS) is 18.4. The Kier molecular flexibility index (Phi) is 11.9. The number of anilines is 2. The van der Waals surface area contributed by atoms with Gasteiger partial charge in [-0.2, -0.15) is 5.10 Å². The highest BCUT2D eigenvalue weighted by Gasteiger charge is 2.43. The van der Waals surface area contributed by atoms with Crippen molar-refractivity contribution in [1.29, 1.82) is 0 Å². The second kappa shape index (κ2) is 19.7. The van der Waals surface area contributed by atoms with E-state index in [0.717, 1.165) is 139 Å². The summed E-state index contributed by atoms with van der Waals surface area (Å²) in [6, 6.07) is 14.5. The first-order valence-electron chi connectivity index (χ1n) is 28.1. The number of aryl methyl sites for hydroxylation is 1. The Hall–Kier alpha value is -9.43. The number of halogens is 2. The molecule has 3 fully saturated rings. The summed E-state index contributed by atoms with van der Waals surface area (Å²) in [5.41, 5.74) is 24.5. The predicted molar refractivity (Wildman–Crippen MR) is 310 cm³/mol. The molecule has 82 heavy (non-hydrogen) atoms. The number of allylic oxidation sites excluding steroid dienone is 6. The molecule has 0 radical (unpaired) electrons. The molecule has 3 aliphatic carbocycles. The van der Waals surface area contributed by atoms with Crippen LogP contribution >= 0.6 is 0 Å². The van der Waals surface area contributed by atoms with Gasteiger partial charge in [-0.05, 0) is 96.6 Å². The van der Waals surface area contributed by atoms with Crippen molar-refractivity contribution in [2.24, 2.45) is 16.6 Å². The number of imidazole rings is 4. The highest BCUT2D eigenvalue weighted by molar-refractivity contribution is 6.17. The molecular weight excluding hydrogens is 1040 g/mol. The van der Waals surface area contributed by atoms with Crippen molar-refractivity contribution in [2.75, 3.05) is 29.9 Å². The molecule has 10 heterocycles. The maximum absolute atomic E-state index is 14.0. The first-order valence-corrected chi connectivity index (χ1v) is 28.1. The van der Waals surface area contributed by atoms with E-state index in [1.165, 1.54) is 6.42 Å². The van der Waals surface area contributed by atoms with Crippen molar-refractivity contribution in [2.45, 2.75) is 83.3 Å². The number of aliphatic imine (C=N–C) groups is 1. The lowest BCUT2D eigenvalue weighted by Crippen LogP contribution is -2.24. The Morgan fingerprint density at radius 1 is 0.829 bits per heavy atom. The van der Waals surface area contributed by atoms with E-state index >= 15 is 0 Å². The van der Waals surface area contributed by atoms with Gasteiger partial charge in [0.1, 0.15) is 29.0 Å². The number of nitrogens with two attached hydrogens (primary N) is 1. The number of amides is 1. The number of pyridine rings is 2. The lowest BCUT2D eigenvalue weighted by atomic mass is 9.88. The number of carbonyl (C=O) groups is 1. The molecule has 6 aliphatic rings. The van der Waals surface area contributed by atoms with Crippen molar-refractivity contribution in [3.63, 3.8) is 0 Å². The Balaban J connectivity index is 0.761. The number of benzene rings is 2. The second-order valence-electron chi connectivity index (χ2n) is 22.5. The second-order valence-corrected chi connectivity index (χ2v) is 22.5. The molecule has 2 saturated heterocycles. The smallest absolute Gasteiger partial charge is 0.261 e. The third kappa shape index (κ3) is 9.31. The van der Waals surface area contributed by atoms with Gasteiger partial charge in [0.25, 0.3) is 5.92 Å². The van der Waals surface area contributed by atoms with Gasteiger partial charge in [-0.1, -0.05) is 37.5 Å². The van der Waals surface area contributed by atoms with Gasteiger partial charge in [0, 0.05) is 109 Å². The van der Waals surface area contributed by atoms with Crippen LogP contribution in [0.1, 0.15) is 95.2 Å². The highest BCUT2D eigenvalue weighted by Crippen LogP contribution is 2.44. The molecule has 6 N–H and O–H groups in total. The minimum Gasteiger partial charge on any atom is -0.402 e. The van der Waals surface area contributed by atoms with Crippen LogP contribution in [0.25, 0.3) is 56.1 Å². The summed E-state index contributed by atoms with van der Waals surface area (Å²) in [7, 11) is 0. The monoisotopic (exact) mass is 1090 g/mol. The van der Waals surface area contributed by atoms with E-state index in [-0.39, 0.29) is 31.0 Å². The third-order valence-corrected chi connectivity index (χ3v) is 16.6. The fourth-order valence-electron chi connectivity index (χ4n) is 12.4. The molecule has 20 heteroatoms. The van der Waals surface area contributed by atoms with E-state index in [1.54, 1.807) is 29.8 Å². The number of hydrogen-bond acceptors (Lipinski definition) is 12. The molecule has 3 aliphatic heterocycles. The predicted octanol–water partition coefficient (Wildman–Crippen LogP) is 9.74. The average Bonchev–Trinajstić information content (AvgIpc) is 3.01. The Morgan fingerprint density at radius 3 is 2.49 bits per heavy atom. The summed E-state index contributed by atoms with van der Waals surface area (Å²) >= 11 is 0. The first kappa shape index (κ1) is 49.6. The molecule has 1 unspecified atom stereocenters. The van der Waals surface area contributed by atoms with E-state index in [0.29, 0.717) is 61.1 Å². The van der Waals surface area contributed by atoms with Gasteiger partial charge in [-0.15, -0.1) is 0 Å². The number of H-pyrrole nitrogens is 3. The molecule has 18 nitrogen and oxygen atoms in total. The molecule has 0 bridgehead atoms. The molecule has 1 atom stereocenters. The van der Waals surface area contributed by atoms with E-state index in [1.807, 2.05) is 77.3 Å². The first-order chi connectivity index (χ1) is 40.0. The van der Waals surface area contributed by atoms with Crippen LogP contribution in [0.3, 0.4) is 0 Å². The quantitative estimate of drug-likeness (QED) is 0.0725. The van der Waals surface area contributed by atoms with Gasteiger partial charge in [0.2, 0.25) is 5.91 Å². The van der Waals surface area contributed by atoms with E-state index in [2.05, 4.69) is 76.8 Å². The van der Waals surface area contributed by atoms with Crippen molar-refractivity contribution >= 4 is 45.3 Å². The molecule has 2 aromatic carbocycles. The number of nitrogens with zero attached hydrogens (tertiary/aromatic N) is 12. The Bertz CT molecular complexity index is 4210. The fraction of sp³-hybridized carbons (Fsp3) is 0.274. The van der Waals surface area contributed by atoms with Crippen LogP contribution in [0.2, 0.25) is 0 Å². The van der Waals surface area contributed by atoms with Gasteiger partial charge in [-0.25, -0.2) is 28.7 Å². The zero-order valence-corrected chi connectivity index (χ0v) is 45.0. The van der Waals surface area contributed by atoms with Crippen LogP contribution in [0, 0.1) is 12.8 Å². The standard InChI is InChI=1S/C62H57F2N17O/c1-35-28-79(33-68-35)52-14-12-43(65)23-50-57(52)75-59(72-50)54-47-22-39(42-20-44(27-67-26-42)70-61(82)37-7-3-2-4-8-37)18-40(58(47)81-31-53(81)73-54)19-45-30-80(34-69-45)51-10-6-5-9-49-56(51)74-60(71-49)55-46-21-38(11-13-48(46)76-77-55)41-17-36(24-66-25-41)29-78-16-15-62(63,64)32-78/h5-6,10-14,17-18,20-22,24-28,30,33-34,37,53H,2-4,7-9,15-16,19,23,29,31-32,65H2,1H3,(H,70,82)(H,71,74)(H,72,75)(H,76,77). The van der Waals surface area contributed by atoms with E-state index < -0.39 is 5.92 Å². The number of nitrogens with one attached hydrogen (secondary N) is 4. The molecular formula is C62H57F2N17O. The Morgan fingerprint density at radius 2 is 1.63 bits per heavy atom. The van der Waals surface area contributed by atoms with Gasteiger partial charge in [0.05, 0.1) is 77.3 Å². The zero-order chi connectivity index (χ0) is 55.2. The van der Waals surface area contributed by atoms with Gasteiger partial charge < -0.3 is 35.1 Å². The maximum atomic E-state index is 14.0. The number of alkyl halides is 2. The molecule has 1 saturated carbocycles. The lowest BCUT2D eigenvalue weighted by Gasteiger charge is -2.23. The number of hydrogen-bond donors (Lipinski definition) is 5. The topological polar surface area (TPSA) is 221 Å². The van der Waals surface area contributed by atoms with Crippen molar-refractivity contribution in [3.05, 3.63) is 185 Å². The summed E-state index contributed by atoms with van der Waals surface area (Å²) in [5.74, 6) is -1.35. The maximum Gasteiger partial charge on any atom is 0.261 e. The fourth-order valence-corrected chi connectivity index (χ4v) is 12.4. The lowest BCUT2D eigenvalue weighted by molar-refractivity contribution is -0.120. The molecule has 9 aromatic rings. The van der Waals surface area contributed by atoms with Gasteiger partial charge in [-0.3, -0.25) is 29.8 Å².